The van der Waals surface area contributed by atoms with Gasteiger partial charge in [0.25, 0.3) is 0 Å². The van der Waals surface area contributed by atoms with Crippen LogP contribution in [0.5, 0.6) is 0 Å². The summed E-state index contributed by atoms with van der Waals surface area (Å²) in [7, 11) is 0. The van der Waals surface area contributed by atoms with Gasteiger partial charge in [-0.2, -0.15) is 0 Å². The van der Waals surface area contributed by atoms with E-state index >= 15 is 0 Å². The summed E-state index contributed by atoms with van der Waals surface area (Å²) in [5.74, 6) is 0.656. The van der Waals surface area contributed by atoms with Crippen LogP contribution in [0.1, 0.15) is 32.1 Å². The van der Waals surface area contributed by atoms with E-state index in [2.05, 4.69) is 50.2 Å². The minimum atomic E-state index is 0.543. The molecule has 1 rings (SSSR count). The van der Waals surface area contributed by atoms with E-state index in [0.717, 1.165) is 12.8 Å². The largest absolute Gasteiger partial charge is 0.311 e. The number of hydrogen-bond donors (Lipinski definition) is 1. The first-order valence-electron chi connectivity index (χ1n) is 6.02. The van der Waals surface area contributed by atoms with Crippen molar-refractivity contribution in [1.29, 1.82) is 0 Å². The van der Waals surface area contributed by atoms with Gasteiger partial charge in [-0.3, -0.25) is 0 Å². The second-order valence-electron chi connectivity index (χ2n) is 4.64. The summed E-state index contributed by atoms with van der Waals surface area (Å²) >= 11 is 1.84. The van der Waals surface area contributed by atoms with Gasteiger partial charge in [-0.25, -0.2) is 0 Å². The Morgan fingerprint density at radius 2 is 2.19 bits per heavy atom. The number of thiophene rings is 1. The third kappa shape index (κ3) is 4.50. The Kier molecular flexibility index (Phi) is 5.78. The molecule has 0 spiro atoms. The molecule has 0 aliphatic carbocycles. The molecule has 16 heavy (non-hydrogen) atoms. The Morgan fingerprint density at radius 1 is 1.44 bits per heavy atom. The van der Waals surface area contributed by atoms with E-state index in [9.17, 15) is 0 Å². The van der Waals surface area contributed by atoms with Crippen molar-refractivity contribution in [2.75, 3.05) is 0 Å². The summed E-state index contributed by atoms with van der Waals surface area (Å²) in [6, 6.07) is 5.42. The highest BCUT2D eigenvalue weighted by molar-refractivity contribution is 7.09. The molecule has 1 nitrogen and oxygen atoms in total. The Balaban J connectivity index is 2.33. The molecule has 1 N–H and O–H groups in total. The van der Waals surface area contributed by atoms with Gasteiger partial charge in [-0.05, 0) is 44.1 Å². The van der Waals surface area contributed by atoms with Gasteiger partial charge in [0.15, 0.2) is 0 Å². The van der Waals surface area contributed by atoms with E-state index < -0.39 is 0 Å². The summed E-state index contributed by atoms with van der Waals surface area (Å²) in [6.07, 6.45) is 4.22. The minimum absolute atomic E-state index is 0.543. The summed E-state index contributed by atoms with van der Waals surface area (Å²) in [5, 5.41) is 5.81. The predicted molar refractivity (Wildman–Crippen MR) is 74.1 cm³/mol. The van der Waals surface area contributed by atoms with Gasteiger partial charge in [0.1, 0.15) is 0 Å². The standard InChI is InChI=1S/C14H23NS/c1-5-7-11(2)13(4)15-12(3)10-14-8-6-9-16-14/h5-6,8-9,11-13,15H,1,7,10H2,2-4H3. The van der Waals surface area contributed by atoms with Crippen molar-refractivity contribution in [3.8, 4) is 0 Å². The molecule has 3 atom stereocenters. The summed E-state index contributed by atoms with van der Waals surface area (Å²) in [4.78, 5) is 1.46. The van der Waals surface area contributed by atoms with Crippen LogP contribution in [0.15, 0.2) is 30.2 Å². The van der Waals surface area contributed by atoms with Crippen LogP contribution in [0, 0.1) is 5.92 Å². The third-order valence-corrected chi connectivity index (χ3v) is 3.93. The molecular weight excluding hydrogens is 214 g/mol. The van der Waals surface area contributed by atoms with Crippen molar-refractivity contribution in [2.45, 2.75) is 45.7 Å². The molecule has 0 aliphatic heterocycles. The van der Waals surface area contributed by atoms with Crippen LogP contribution in [-0.2, 0) is 6.42 Å². The molecule has 0 radical (unpaired) electrons. The van der Waals surface area contributed by atoms with Crippen molar-refractivity contribution >= 4 is 11.3 Å². The van der Waals surface area contributed by atoms with E-state index in [-0.39, 0.29) is 0 Å². The molecule has 90 valence electrons. The van der Waals surface area contributed by atoms with E-state index in [0.29, 0.717) is 18.0 Å². The van der Waals surface area contributed by atoms with Crippen LogP contribution >= 0.6 is 11.3 Å². The van der Waals surface area contributed by atoms with Crippen LogP contribution < -0.4 is 5.32 Å². The smallest absolute Gasteiger partial charge is 0.00896 e. The molecule has 1 heterocycles. The van der Waals surface area contributed by atoms with Crippen LogP contribution in [0.25, 0.3) is 0 Å². The number of hydrogen-bond acceptors (Lipinski definition) is 2. The first kappa shape index (κ1) is 13.5. The highest BCUT2D eigenvalue weighted by atomic mass is 32.1. The predicted octanol–water partition coefficient (Wildman–Crippen LogP) is 3.87. The Labute approximate surface area is 104 Å². The maximum Gasteiger partial charge on any atom is 0.00896 e. The van der Waals surface area contributed by atoms with Gasteiger partial charge in [0.2, 0.25) is 0 Å². The van der Waals surface area contributed by atoms with Crippen molar-refractivity contribution in [1.82, 2.24) is 5.32 Å². The molecule has 1 aromatic heterocycles. The van der Waals surface area contributed by atoms with Gasteiger partial charge in [-0.1, -0.05) is 19.1 Å². The quantitative estimate of drug-likeness (QED) is 0.710. The number of nitrogens with one attached hydrogen (secondary N) is 1. The van der Waals surface area contributed by atoms with Gasteiger partial charge in [0, 0.05) is 17.0 Å². The molecule has 0 amide bonds. The van der Waals surface area contributed by atoms with Crippen molar-refractivity contribution < 1.29 is 0 Å². The van der Waals surface area contributed by atoms with Crippen LogP contribution in [0.2, 0.25) is 0 Å². The maximum atomic E-state index is 3.80. The maximum absolute atomic E-state index is 3.80. The van der Waals surface area contributed by atoms with Crippen molar-refractivity contribution in [3.63, 3.8) is 0 Å². The molecule has 0 saturated carbocycles. The average molecular weight is 237 g/mol. The Morgan fingerprint density at radius 3 is 2.75 bits per heavy atom. The molecule has 0 aromatic carbocycles. The summed E-state index contributed by atoms with van der Waals surface area (Å²) < 4.78 is 0. The van der Waals surface area contributed by atoms with E-state index in [1.807, 2.05) is 17.4 Å². The molecule has 0 saturated heterocycles. The number of allylic oxidation sites excluding steroid dienone is 1. The van der Waals surface area contributed by atoms with Crippen LogP contribution in [-0.4, -0.2) is 12.1 Å². The monoisotopic (exact) mass is 237 g/mol. The first-order valence-corrected chi connectivity index (χ1v) is 6.90. The summed E-state index contributed by atoms with van der Waals surface area (Å²) in [6.45, 7) is 10.6. The lowest BCUT2D eigenvalue weighted by atomic mass is 9.99. The molecular formula is C14H23NS. The zero-order valence-electron chi connectivity index (χ0n) is 10.6. The molecule has 0 fully saturated rings. The van der Waals surface area contributed by atoms with E-state index in [4.69, 9.17) is 0 Å². The van der Waals surface area contributed by atoms with E-state index in [1.54, 1.807) is 0 Å². The normalized spacial score (nSPS) is 16.7. The fourth-order valence-electron chi connectivity index (χ4n) is 1.87. The average Bonchev–Trinajstić information content (AvgIpc) is 2.70. The summed E-state index contributed by atoms with van der Waals surface area (Å²) in [5.41, 5.74) is 0. The Hall–Kier alpha value is -0.600. The van der Waals surface area contributed by atoms with Gasteiger partial charge in [0.05, 0.1) is 0 Å². The fourth-order valence-corrected chi connectivity index (χ4v) is 2.70. The zero-order chi connectivity index (χ0) is 12.0. The molecule has 3 unspecified atom stereocenters. The lowest BCUT2D eigenvalue weighted by Gasteiger charge is -2.24. The minimum Gasteiger partial charge on any atom is -0.311 e. The second-order valence-corrected chi connectivity index (χ2v) is 5.67. The molecule has 2 heteroatoms. The second kappa shape index (κ2) is 6.87. The first-order chi connectivity index (χ1) is 7.63. The molecule has 0 aliphatic rings. The molecule has 1 aromatic rings. The Bertz CT molecular complexity index is 292. The van der Waals surface area contributed by atoms with E-state index in [1.165, 1.54) is 4.88 Å². The highest BCUT2D eigenvalue weighted by Gasteiger charge is 2.13. The lowest BCUT2D eigenvalue weighted by molar-refractivity contribution is 0.365. The topological polar surface area (TPSA) is 12.0 Å². The van der Waals surface area contributed by atoms with Crippen molar-refractivity contribution in [2.24, 2.45) is 5.92 Å². The SMILES string of the molecule is C=CCC(C)C(C)NC(C)Cc1cccs1. The number of rotatable bonds is 7. The van der Waals surface area contributed by atoms with Crippen LogP contribution in [0.4, 0.5) is 0 Å². The van der Waals surface area contributed by atoms with Gasteiger partial charge in [-0.15, -0.1) is 17.9 Å². The molecule has 0 bridgehead atoms. The van der Waals surface area contributed by atoms with Crippen LogP contribution in [0.3, 0.4) is 0 Å². The van der Waals surface area contributed by atoms with Gasteiger partial charge < -0.3 is 5.32 Å². The van der Waals surface area contributed by atoms with Gasteiger partial charge >= 0.3 is 0 Å². The third-order valence-electron chi connectivity index (χ3n) is 3.03. The fraction of sp³-hybridized carbons (Fsp3) is 0.571. The highest BCUT2D eigenvalue weighted by Crippen LogP contribution is 2.13. The van der Waals surface area contributed by atoms with Crippen molar-refractivity contribution in [3.05, 3.63) is 35.0 Å². The lowest BCUT2D eigenvalue weighted by Crippen LogP contribution is -2.39. The zero-order valence-corrected chi connectivity index (χ0v) is 11.4.